The van der Waals surface area contributed by atoms with Crippen LogP contribution in [0.1, 0.15) is 29.3 Å². The van der Waals surface area contributed by atoms with E-state index in [0.717, 1.165) is 12.0 Å². The fraction of sp³-hybridized carbons (Fsp3) is 0.462. The first kappa shape index (κ1) is 13.5. The van der Waals surface area contributed by atoms with E-state index in [9.17, 15) is 4.79 Å². The molecule has 0 fully saturated rings. The van der Waals surface area contributed by atoms with E-state index in [0.29, 0.717) is 30.0 Å². The third-order valence-corrected chi connectivity index (χ3v) is 2.66. The fourth-order valence-electron chi connectivity index (χ4n) is 1.72. The van der Waals surface area contributed by atoms with Gasteiger partial charge in [0.2, 0.25) is 0 Å². The lowest BCUT2D eigenvalue weighted by Gasteiger charge is -2.13. The van der Waals surface area contributed by atoms with E-state index in [1.807, 2.05) is 13.0 Å². The second-order valence-corrected chi connectivity index (χ2v) is 3.68. The van der Waals surface area contributed by atoms with Crippen molar-refractivity contribution in [1.82, 2.24) is 0 Å². The highest BCUT2D eigenvalue weighted by Crippen LogP contribution is 2.29. The van der Waals surface area contributed by atoms with Crippen LogP contribution in [0.15, 0.2) is 12.1 Å². The number of methoxy groups -OCH3 is 2. The van der Waals surface area contributed by atoms with E-state index in [-0.39, 0.29) is 5.78 Å². The van der Waals surface area contributed by atoms with Gasteiger partial charge in [-0.25, -0.2) is 0 Å². The van der Waals surface area contributed by atoms with Gasteiger partial charge in [-0.15, -0.1) is 0 Å². The molecule has 0 aromatic heterocycles. The van der Waals surface area contributed by atoms with Crippen molar-refractivity contribution in [3.05, 3.63) is 23.3 Å². The van der Waals surface area contributed by atoms with Gasteiger partial charge in [-0.1, -0.05) is 6.92 Å². The Labute approximate surface area is 102 Å². The summed E-state index contributed by atoms with van der Waals surface area (Å²) in [6.45, 7) is 2.36. The quantitative estimate of drug-likeness (QED) is 0.766. The van der Waals surface area contributed by atoms with Crippen LogP contribution >= 0.6 is 0 Å². The molecule has 1 rings (SSSR count). The number of hydrogen-bond acceptors (Lipinski definition) is 4. The van der Waals surface area contributed by atoms with E-state index in [2.05, 4.69) is 0 Å². The second kappa shape index (κ2) is 6.25. The van der Waals surface area contributed by atoms with Crippen molar-refractivity contribution in [2.45, 2.75) is 19.8 Å². The van der Waals surface area contributed by atoms with Gasteiger partial charge < -0.3 is 15.2 Å². The summed E-state index contributed by atoms with van der Waals surface area (Å²) in [6, 6.07) is 3.58. The van der Waals surface area contributed by atoms with Crippen LogP contribution in [-0.4, -0.2) is 26.5 Å². The van der Waals surface area contributed by atoms with Gasteiger partial charge in [0.25, 0.3) is 0 Å². The molecule has 94 valence electrons. The predicted molar refractivity (Wildman–Crippen MR) is 66.9 cm³/mol. The Hall–Kier alpha value is -1.55. The van der Waals surface area contributed by atoms with E-state index >= 15 is 0 Å². The van der Waals surface area contributed by atoms with Gasteiger partial charge in [0.05, 0.1) is 19.8 Å². The van der Waals surface area contributed by atoms with Crippen LogP contribution in [-0.2, 0) is 6.42 Å². The zero-order valence-electron chi connectivity index (χ0n) is 10.6. The van der Waals surface area contributed by atoms with Gasteiger partial charge in [0, 0.05) is 6.42 Å². The SMILES string of the molecule is CCc1cc(OC)c(C(=O)CCN)cc1OC. The minimum Gasteiger partial charge on any atom is -0.496 e. The normalized spacial score (nSPS) is 10.1. The van der Waals surface area contributed by atoms with Crippen molar-refractivity contribution in [2.75, 3.05) is 20.8 Å². The first-order chi connectivity index (χ1) is 8.17. The summed E-state index contributed by atoms with van der Waals surface area (Å²) in [5.74, 6) is 1.28. The van der Waals surface area contributed by atoms with E-state index in [1.165, 1.54) is 0 Å². The van der Waals surface area contributed by atoms with Gasteiger partial charge in [0.1, 0.15) is 11.5 Å². The van der Waals surface area contributed by atoms with Crippen LogP contribution in [0.2, 0.25) is 0 Å². The van der Waals surface area contributed by atoms with Gasteiger partial charge in [-0.3, -0.25) is 4.79 Å². The van der Waals surface area contributed by atoms with Crippen molar-refractivity contribution in [3.8, 4) is 11.5 Å². The molecule has 0 amide bonds. The molecule has 0 saturated carbocycles. The summed E-state index contributed by atoms with van der Waals surface area (Å²) < 4.78 is 10.5. The minimum atomic E-state index is -0.0229. The Morgan fingerprint density at radius 1 is 1.24 bits per heavy atom. The molecule has 0 aliphatic heterocycles. The molecule has 17 heavy (non-hydrogen) atoms. The van der Waals surface area contributed by atoms with Crippen LogP contribution in [0.5, 0.6) is 11.5 Å². The first-order valence-electron chi connectivity index (χ1n) is 5.66. The number of ketones is 1. The van der Waals surface area contributed by atoms with Gasteiger partial charge in [0.15, 0.2) is 5.78 Å². The Morgan fingerprint density at radius 2 is 1.88 bits per heavy atom. The summed E-state index contributed by atoms with van der Waals surface area (Å²) in [7, 11) is 3.15. The Balaban J connectivity index is 3.23. The summed E-state index contributed by atoms with van der Waals surface area (Å²) in [5.41, 5.74) is 6.95. The third kappa shape index (κ3) is 2.97. The fourth-order valence-corrected chi connectivity index (χ4v) is 1.72. The van der Waals surface area contributed by atoms with Crippen molar-refractivity contribution in [1.29, 1.82) is 0 Å². The maximum atomic E-state index is 11.9. The molecular weight excluding hydrogens is 218 g/mol. The molecule has 0 radical (unpaired) electrons. The number of ether oxygens (including phenoxy) is 2. The monoisotopic (exact) mass is 237 g/mol. The molecule has 0 unspecified atom stereocenters. The lowest BCUT2D eigenvalue weighted by molar-refractivity contribution is 0.0982. The highest BCUT2D eigenvalue weighted by Gasteiger charge is 2.15. The Morgan fingerprint density at radius 3 is 2.35 bits per heavy atom. The number of hydrogen-bond donors (Lipinski definition) is 1. The molecule has 0 aliphatic rings. The zero-order valence-corrected chi connectivity index (χ0v) is 10.6. The van der Waals surface area contributed by atoms with E-state index in [4.69, 9.17) is 15.2 Å². The predicted octanol–water partition coefficient (Wildman–Crippen LogP) is 1.80. The van der Waals surface area contributed by atoms with Crippen molar-refractivity contribution >= 4 is 5.78 Å². The number of carbonyl (C=O) groups is 1. The average molecular weight is 237 g/mol. The molecule has 2 N–H and O–H groups in total. The minimum absolute atomic E-state index is 0.0229. The number of carbonyl (C=O) groups excluding carboxylic acids is 1. The number of rotatable bonds is 6. The van der Waals surface area contributed by atoms with Crippen molar-refractivity contribution in [2.24, 2.45) is 5.73 Å². The lowest BCUT2D eigenvalue weighted by atomic mass is 10.0. The standard InChI is InChI=1S/C13H19NO3/c1-4-9-7-13(17-3)10(8-12(9)16-2)11(15)5-6-14/h7-8H,4-6,14H2,1-3H3. The number of nitrogens with two attached hydrogens (primary N) is 1. The van der Waals surface area contributed by atoms with Crippen molar-refractivity contribution < 1.29 is 14.3 Å². The molecule has 0 heterocycles. The van der Waals surface area contributed by atoms with Gasteiger partial charge >= 0.3 is 0 Å². The maximum absolute atomic E-state index is 11.9. The van der Waals surface area contributed by atoms with Crippen molar-refractivity contribution in [3.63, 3.8) is 0 Å². The zero-order chi connectivity index (χ0) is 12.8. The highest BCUT2D eigenvalue weighted by molar-refractivity contribution is 5.99. The average Bonchev–Trinajstić information content (AvgIpc) is 2.37. The molecule has 4 nitrogen and oxygen atoms in total. The molecule has 0 bridgehead atoms. The number of Topliss-reactive ketones (excluding diaryl/α,β-unsaturated/α-hetero) is 1. The van der Waals surface area contributed by atoms with Crippen LogP contribution in [0, 0.1) is 0 Å². The van der Waals surface area contributed by atoms with Crippen LogP contribution < -0.4 is 15.2 Å². The second-order valence-electron chi connectivity index (χ2n) is 3.68. The first-order valence-corrected chi connectivity index (χ1v) is 5.66. The third-order valence-electron chi connectivity index (χ3n) is 2.66. The summed E-state index contributed by atoms with van der Waals surface area (Å²) in [4.78, 5) is 11.9. The number of benzene rings is 1. The van der Waals surface area contributed by atoms with Gasteiger partial charge in [-0.05, 0) is 30.7 Å². The Kier molecular flexibility index (Phi) is 4.97. The van der Waals surface area contributed by atoms with Crippen LogP contribution in [0.3, 0.4) is 0 Å². The molecule has 4 heteroatoms. The number of aryl methyl sites for hydroxylation is 1. The molecule has 0 spiro atoms. The van der Waals surface area contributed by atoms with Gasteiger partial charge in [-0.2, -0.15) is 0 Å². The molecule has 0 saturated heterocycles. The topological polar surface area (TPSA) is 61.5 Å². The summed E-state index contributed by atoms with van der Waals surface area (Å²) in [6.07, 6.45) is 1.13. The molecule has 0 aliphatic carbocycles. The van der Waals surface area contributed by atoms with Crippen LogP contribution in [0.25, 0.3) is 0 Å². The van der Waals surface area contributed by atoms with Crippen LogP contribution in [0.4, 0.5) is 0 Å². The Bertz CT molecular complexity index is 402. The highest BCUT2D eigenvalue weighted by atomic mass is 16.5. The summed E-state index contributed by atoms with van der Waals surface area (Å²) >= 11 is 0. The molecular formula is C13H19NO3. The van der Waals surface area contributed by atoms with E-state index < -0.39 is 0 Å². The lowest BCUT2D eigenvalue weighted by Crippen LogP contribution is -2.10. The maximum Gasteiger partial charge on any atom is 0.167 e. The molecule has 1 aromatic carbocycles. The molecule has 1 aromatic rings. The summed E-state index contributed by atoms with van der Waals surface area (Å²) in [5, 5.41) is 0. The molecule has 0 atom stereocenters. The largest absolute Gasteiger partial charge is 0.496 e. The van der Waals surface area contributed by atoms with E-state index in [1.54, 1.807) is 20.3 Å². The smallest absolute Gasteiger partial charge is 0.167 e.